The van der Waals surface area contributed by atoms with Crippen molar-refractivity contribution in [2.45, 2.75) is 30.6 Å². The van der Waals surface area contributed by atoms with Crippen LogP contribution in [-0.4, -0.2) is 44.2 Å². The monoisotopic (exact) mass is 469 g/mol. The molecule has 0 aromatic heterocycles. The Morgan fingerprint density at radius 2 is 1.56 bits per heavy atom. The van der Waals surface area contributed by atoms with E-state index in [-0.39, 0.29) is 11.3 Å². The molecule has 1 aliphatic heterocycles. The first-order valence-electron chi connectivity index (χ1n) is 9.97. The number of rotatable bonds is 8. The van der Waals surface area contributed by atoms with Gasteiger partial charge in [-0.3, -0.25) is 9.59 Å². The molecule has 32 heavy (non-hydrogen) atoms. The van der Waals surface area contributed by atoms with Gasteiger partial charge >= 0.3 is 0 Å². The standard InChI is InChI=1S/C21H22F3N3O4S/c22-16-8-9-17(21(24)20(16)23)26-19(29)13-25-18(28)10-5-14-3-6-15(7-4-14)32(30,31)27-11-1-2-12-27/h3-4,6-9H,1-2,5,10-13H2,(H,25,28)(H,26,29). The van der Waals surface area contributed by atoms with Gasteiger partial charge < -0.3 is 10.6 Å². The summed E-state index contributed by atoms with van der Waals surface area (Å²) < 4.78 is 66.1. The highest BCUT2D eigenvalue weighted by atomic mass is 32.2. The Morgan fingerprint density at radius 3 is 2.22 bits per heavy atom. The van der Waals surface area contributed by atoms with E-state index in [9.17, 15) is 31.2 Å². The molecule has 2 aromatic rings. The lowest BCUT2D eigenvalue weighted by molar-refractivity contribution is -0.124. The van der Waals surface area contributed by atoms with Crippen molar-refractivity contribution in [3.05, 3.63) is 59.4 Å². The average Bonchev–Trinajstić information content (AvgIpc) is 3.33. The average molecular weight is 469 g/mol. The van der Waals surface area contributed by atoms with Gasteiger partial charge in [0.2, 0.25) is 21.8 Å². The van der Waals surface area contributed by atoms with Gasteiger partial charge in [-0.05, 0) is 49.1 Å². The Labute approximate surface area is 183 Å². The van der Waals surface area contributed by atoms with Crippen LogP contribution in [0.2, 0.25) is 0 Å². The number of sulfonamides is 1. The van der Waals surface area contributed by atoms with Crippen molar-refractivity contribution in [2.24, 2.45) is 0 Å². The second kappa shape index (κ2) is 10.1. The summed E-state index contributed by atoms with van der Waals surface area (Å²) in [5.74, 6) is -5.87. The lowest BCUT2D eigenvalue weighted by atomic mass is 10.1. The molecule has 0 bridgehead atoms. The summed E-state index contributed by atoms with van der Waals surface area (Å²) in [6.45, 7) is 0.547. The van der Waals surface area contributed by atoms with Crippen LogP contribution in [-0.2, 0) is 26.0 Å². The van der Waals surface area contributed by atoms with E-state index in [0.29, 0.717) is 25.6 Å². The first-order valence-corrected chi connectivity index (χ1v) is 11.4. The van der Waals surface area contributed by atoms with E-state index in [0.717, 1.165) is 24.5 Å². The Kier molecular flexibility index (Phi) is 7.52. The van der Waals surface area contributed by atoms with E-state index < -0.39 is 51.5 Å². The fourth-order valence-corrected chi connectivity index (χ4v) is 4.76. The van der Waals surface area contributed by atoms with Crippen molar-refractivity contribution in [3.8, 4) is 0 Å². The molecule has 7 nitrogen and oxygen atoms in total. The first-order chi connectivity index (χ1) is 15.2. The molecule has 2 N–H and O–H groups in total. The molecule has 0 atom stereocenters. The fourth-order valence-electron chi connectivity index (χ4n) is 3.25. The van der Waals surface area contributed by atoms with E-state index in [4.69, 9.17) is 0 Å². The molecule has 2 amide bonds. The molecule has 172 valence electrons. The van der Waals surface area contributed by atoms with Crippen LogP contribution in [0.25, 0.3) is 0 Å². The van der Waals surface area contributed by atoms with E-state index in [2.05, 4.69) is 10.6 Å². The van der Waals surface area contributed by atoms with E-state index in [1.807, 2.05) is 0 Å². The van der Waals surface area contributed by atoms with Gasteiger partial charge in [0.1, 0.15) is 0 Å². The van der Waals surface area contributed by atoms with Gasteiger partial charge in [0.05, 0.1) is 17.1 Å². The molecule has 0 unspecified atom stereocenters. The van der Waals surface area contributed by atoms with Gasteiger partial charge in [0, 0.05) is 19.5 Å². The third kappa shape index (κ3) is 5.65. The molecule has 1 saturated heterocycles. The van der Waals surface area contributed by atoms with Crippen molar-refractivity contribution in [1.29, 1.82) is 0 Å². The van der Waals surface area contributed by atoms with Gasteiger partial charge in [-0.1, -0.05) is 12.1 Å². The Morgan fingerprint density at radius 1 is 0.906 bits per heavy atom. The molecule has 0 radical (unpaired) electrons. The molecular weight excluding hydrogens is 447 g/mol. The number of benzene rings is 2. The summed E-state index contributed by atoms with van der Waals surface area (Å²) in [6.07, 6.45) is 2.04. The van der Waals surface area contributed by atoms with Gasteiger partial charge in [0.15, 0.2) is 17.5 Å². The Hall–Kier alpha value is -2.92. The van der Waals surface area contributed by atoms with Crippen molar-refractivity contribution < 1.29 is 31.2 Å². The van der Waals surface area contributed by atoms with Gasteiger partial charge in [-0.2, -0.15) is 4.31 Å². The highest BCUT2D eigenvalue weighted by Crippen LogP contribution is 2.21. The molecule has 0 spiro atoms. The quantitative estimate of drug-likeness (QED) is 0.581. The first kappa shape index (κ1) is 23.7. The smallest absolute Gasteiger partial charge is 0.243 e. The van der Waals surface area contributed by atoms with E-state index in [1.54, 1.807) is 12.1 Å². The second-order valence-electron chi connectivity index (χ2n) is 7.30. The van der Waals surface area contributed by atoms with Gasteiger partial charge in [0.25, 0.3) is 0 Å². The van der Waals surface area contributed by atoms with Crippen LogP contribution in [0, 0.1) is 17.5 Å². The number of nitrogens with zero attached hydrogens (tertiary/aromatic N) is 1. The van der Waals surface area contributed by atoms with Crippen LogP contribution in [0.4, 0.5) is 18.9 Å². The summed E-state index contributed by atoms with van der Waals surface area (Å²) in [4.78, 5) is 24.0. The zero-order chi connectivity index (χ0) is 23.3. The zero-order valence-electron chi connectivity index (χ0n) is 17.0. The third-order valence-electron chi connectivity index (χ3n) is 5.02. The Bertz CT molecular complexity index is 1100. The number of aryl methyl sites for hydroxylation is 1. The number of anilines is 1. The molecule has 11 heteroatoms. The molecule has 0 aliphatic carbocycles. The SMILES string of the molecule is O=C(CCc1ccc(S(=O)(=O)N2CCCC2)cc1)NCC(=O)Nc1ccc(F)c(F)c1F. The molecule has 2 aromatic carbocycles. The van der Waals surface area contributed by atoms with E-state index >= 15 is 0 Å². The summed E-state index contributed by atoms with van der Waals surface area (Å²) >= 11 is 0. The summed E-state index contributed by atoms with van der Waals surface area (Å²) in [5, 5.41) is 4.40. The van der Waals surface area contributed by atoms with Crippen LogP contribution < -0.4 is 10.6 Å². The van der Waals surface area contributed by atoms with Crippen molar-refractivity contribution in [1.82, 2.24) is 9.62 Å². The number of hydrogen-bond acceptors (Lipinski definition) is 4. The number of carbonyl (C=O) groups is 2. The molecule has 1 aliphatic rings. The minimum Gasteiger partial charge on any atom is -0.347 e. The van der Waals surface area contributed by atoms with Crippen LogP contribution in [0.15, 0.2) is 41.3 Å². The van der Waals surface area contributed by atoms with Crippen LogP contribution in [0.5, 0.6) is 0 Å². The molecule has 3 rings (SSSR count). The second-order valence-corrected chi connectivity index (χ2v) is 9.24. The van der Waals surface area contributed by atoms with Gasteiger partial charge in [-0.25, -0.2) is 21.6 Å². The Balaban J connectivity index is 1.46. The fraction of sp³-hybridized carbons (Fsp3) is 0.333. The van der Waals surface area contributed by atoms with Crippen LogP contribution >= 0.6 is 0 Å². The highest BCUT2D eigenvalue weighted by Gasteiger charge is 2.26. The van der Waals surface area contributed by atoms with Crippen molar-refractivity contribution >= 4 is 27.5 Å². The number of hydrogen-bond donors (Lipinski definition) is 2. The molecule has 1 heterocycles. The van der Waals surface area contributed by atoms with Crippen LogP contribution in [0.3, 0.4) is 0 Å². The lowest BCUT2D eigenvalue weighted by Gasteiger charge is -2.15. The number of halogens is 3. The maximum Gasteiger partial charge on any atom is 0.243 e. The lowest BCUT2D eigenvalue weighted by Crippen LogP contribution is -2.33. The number of nitrogens with one attached hydrogen (secondary N) is 2. The maximum absolute atomic E-state index is 13.6. The van der Waals surface area contributed by atoms with E-state index in [1.165, 1.54) is 16.4 Å². The normalized spacial score (nSPS) is 14.3. The van der Waals surface area contributed by atoms with Crippen molar-refractivity contribution in [2.75, 3.05) is 25.0 Å². The predicted molar refractivity (Wildman–Crippen MR) is 111 cm³/mol. The third-order valence-corrected chi connectivity index (χ3v) is 6.94. The molecule has 1 fully saturated rings. The maximum atomic E-state index is 13.6. The molecule has 0 saturated carbocycles. The largest absolute Gasteiger partial charge is 0.347 e. The highest BCUT2D eigenvalue weighted by molar-refractivity contribution is 7.89. The van der Waals surface area contributed by atoms with Crippen molar-refractivity contribution in [3.63, 3.8) is 0 Å². The van der Waals surface area contributed by atoms with Gasteiger partial charge in [-0.15, -0.1) is 0 Å². The van der Waals surface area contributed by atoms with Crippen LogP contribution in [0.1, 0.15) is 24.8 Å². The summed E-state index contributed by atoms with van der Waals surface area (Å²) in [6, 6.07) is 7.83. The zero-order valence-corrected chi connectivity index (χ0v) is 17.9. The minimum atomic E-state index is -3.50. The molecular formula is C21H22F3N3O4S. The minimum absolute atomic E-state index is 0.0328. The number of carbonyl (C=O) groups excluding carboxylic acids is 2. The predicted octanol–water partition coefficient (Wildman–Crippen LogP) is 2.58. The topological polar surface area (TPSA) is 95.6 Å². The summed E-state index contributed by atoms with van der Waals surface area (Å²) in [7, 11) is -3.50. The number of amides is 2. The summed E-state index contributed by atoms with van der Waals surface area (Å²) in [5.41, 5.74) is 0.209.